The summed E-state index contributed by atoms with van der Waals surface area (Å²) in [5, 5.41) is 40.3. The number of hydrogen-bond acceptors (Lipinski definition) is 15. The zero-order valence-corrected chi connectivity index (χ0v) is 36.5. The fraction of sp³-hybridized carbons (Fsp3) is 0.565. The highest BCUT2D eigenvalue weighted by atomic mass is 16.8. The average molecular weight is 864 g/mol. The number of carbonyl (C=O) groups is 6. The minimum absolute atomic E-state index is 0.0145. The standard InChI is InChI=1S/C46H57NO15/c1-24-28(60-40(54)34(51)33(26-16-12-10-13-17-26)47-31(50)22-42(3,4)5)21-46(56)38(61-39(53)27-18-14-11-15-19-27)36-44(8,37(52)35(59-25(2)48)32(24)43(46,6)7)29(49)20-30-45(36,23-58-30)62-41(55)57-9/h10-19,28-30,33-36,38,49,51,56H,20-23H2,1-9H3,(H,47,50)/t28-,29-,30+,33-,34+,35+,36?,38-,44+,45-,46+/m0/s1. The highest BCUT2D eigenvalue weighted by molar-refractivity contribution is 5.95. The first-order chi connectivity index (χ1) is 28.9. The van der Waals surface area contributed by atoms with Gasteiger partial charge in [0.2, 0.25) is 5.91 Å². The molecule has 0 spiro atoms. The van der Waals surface area contributed by atoms with Crippen LogP contribution in [0, 0.1) is 22.2 Å². The van der Waals surface area contributed by atoms with E-state index in [1.807, 2.05) is 20.8 Å². The van der Waals surface area contributed by atoms with E-state index < -0.39 is 118 Å². The maximum atomic E-state index is 15.5. The van der Waals surface area contributed by atoms with Gasteiger partial charge in [0, 0.05) is 31.6 Å². The molecule has 1 saturated heterocycles. The minimum Gasteiger partial charge on any atom is -0.456 e. The molecule has 2 saturated carbocycles. The van der Waals surface area contributed by atoms with Crippen molar-refractivity contribution in [3.05, 3.63) is 82.9 Å². The third-order valence-electron chi connectivity index (χ3n) is 13.3. The molecule has 62 heavy (non-hydrogen) atoms. The summed E-state index contributed by atoms with van der Waals surface area (Å²) in [4.78, 5) is 83.4. The second kappa shape index (κ2) is 16.8. The molecule has 1 heterocycles. The van der Waals surface area contributed by atoms with Crippen LogP contribution in [0.15, 0.2) is 71.8 Å². The Bertz CT molecular complexity index is 2110. The Morgan fingerprint density at radius 2 is 1.56 bits per heavy atom. The number of fused-ring (bicyclic) bond motifs is 5. The third kappa shape index (κ3) is 8.01. The van der Waals surface area contributed by atoms with Gasteiger partial charge in [-0.2, -0.15) is 0 Å². The minimum atomic E-state index is -2.42. The number of Topliss-reactive ketones (excluding diaryl/α,β-unsaturated/α-hetero) is 1. The van der Waals surface area contributed by atoms with Gasteiger partial charge >= 0.3 is 24.1 Å². The quantitative estimate of drug-likeness (QED) is 0.150. The molecule has 6 rings (SSSR count). The lowest BCUT2D eigenvalue weighted by atomic mass is 9.44. The molecule has 4 N–H and O–H groups in total. The Labute approximate surface area is 360 Å². The van der Waals surface area contributed by atoms with Gasteiger partial charge in [-0.3, -0.25) is 14.4 Å². The molecule has 4 aliphatic rings. The number of esters is 3. The van der Waals surface area contributed by atoms with E-state index in [0.717, 1.165) is 14.0 Å². The summed E-state index contributed by atoms with van der Waals surface area (Å²) in [5.41, 5.74) is -7.94. The van der Waals surface area contributed by atoms with E-state index in [-0.39, 0.29) is 36.2 Å². The molecule has 0 radical (unpaired) electrons. The summed E-state index contributed by atoms with van der Waals surface area (Å²) in [6.45, 7) is 12.3. The lowest BCUT2D eigenvalue weighted by Crippen LogP contribution is -2.82. The van der Waals surface area contributed by atoms with Crippen molar-refractivity contribution in [2.24, 2.45) is 22.2 Å². The molecular weight excluding hydrogens is 806 g/mol. The molecule has 16 heteroatoms. The average Bonchev–Trinajstić information content (AvgIpc) is 3.20. The van der Waals surface area contributed by atoms with Crippen LogP contribution < -0.4 is 5.32 Å². The van der Waals surface area contributed by atoms with Crippen molar-refractivity contribution in [1.82, 2.24) is 5.32 Å². The van der Waals surface area contributed by atoms with E-state index in [1.54, 1.807) is 62.4 Å². The van der Waals surface area contributed by atoms with Crippen molar-refractivity contribution in [2.45, 2.75) is 129 Å². The van der Waals surface area contributed by atoms with Crippen molar-refractivity contribution >= 4 is 35.8 Å². The fourth-order valence-corrected chi connectivity index (χ4v) is 10.0. The van der Waals surface area contributed by atoms with Gasteiger partial charge in [0.25, 0.3) is 0 Å². The predicted molar refractivity (Wildman–Crippen MR) is 218 cm³/mol. The number of amides is 1. The summed E-state index contributed by atoms with van der Waals surface area (Å²) in [5.74, 6) is -6.03. The molecule has 336 valence electrons. The maximum absolute atomic E-state index is 15.5. The van der Waals surface area contributed by atoms with Crippen LogP contribution in [-0.2, 0) is 47.6 Å². The lowest BCUT2D eigenvalue weighted by molar-refractivity contribution is -0.344. The van der Waals surface area contributed by atoms with Gasteiger partial charge in [0.05, 0.1) is 42.8 Å². The lowest BCUT2D eigenvalue weighted by Gasteiger charge is -2.67. The molecular formula is C46H57NO15. The Kier molecular flexibility index (Phi) is 12.6. The van der Waals surface area contributed by atoms with Crippen molar-refractivity contribution in [1.29, 1.82) is 0 Å². The number of ether oxygens (including phenoxy) is 6. The van der Waals surface area contributed by atoms with Crippen LogP contribution in [0.4, 0.5) is 4.79 Å². The molecule has 1 amide bonds. The smallest absolute Gasteiger partial charge is 0.456 e. The number of methoxy groups -OCH3 is 1. The Morgan fingerprint density at radius 3 is 2.11 bits per heavy atom. The molecule has 0 aromatic heterocycles. The predicted octanol–water partition coefficient (Wildman–Crippen LogP) is 4.08. The van der Waals surface area contributed by atoms with Gasteiger partial charge in [0.1, 0.15) is 23.9 Å². The number of nitrogens with one attached hydrogen (secondary N) is 1. The molecule has 16 nitrogen and oxygen atoms in total. The van der Waals surface area contributed by atoms with Crippen molar-refractivity contribution in [2.75, 3.05) is 13.7 Å². The van der Waals surface area contributed by atoms with Crippen molar-refractivity contribution in [3.63, 3.8) is 0 Å². The molecule has 3 aliphatic carbocycles. The Morgan fingerprint density at radius 1 is 0.952 bits per heavy atom. The van der Waals surface area contributed by atoms with Gasteiger partial charge in [0.15, 0.2) is 23.6 Å². The fourth-order valence-electron chi connectivity index (χ4n) is 10.0. The van der Waals surface area contributed by atoms with E-state index in [0.29, 0.717) is 5.56 Å². The number of ketones is 1. The second-order valence-electron chi connectivity index (χ2n) is 18.8. The first kappa shape index (κ1) is 46.3. The monoisotopic (exact) mass is 863 g/mol. The highest BCUT2D eigenvalue weighted by Gasteiger charge is 2.78. The first-order valence-corrected chi connectivity index (χ1v) is 20.6. The van der Waals surface area contributed by atoms with E-state index >= 15 is 4.79 Å². The second-order valence-corrected chi connectivity index (χ2v) is 18.8. The summed E-state index contributed by atoms with van der Waals surface area (Å²) < 4.78 is 35.1. The van der Waals surface area contributed by atoms with Crippen LogP contribution in [0.5, 0.6) is 0 Å². The summed E-state index contributed by atoms with van der Waals surface area (Å²) in [6.07, 6.45) is -11.9. The zero-order valence-electron chi connectivity index (χ0n) is 36.5. The van der Waals surface area contributed by atoms with Crippen LogP contribution in [0.1, 0.15) is 96.6 Å². The normalized spacial score (nSPS) is 32.2. The molecule has 1 unspecified atom stereocenters. The van der Waals surface area contributed by atoms with Crippen LogP contribution in [-0.4, -0.2) is 113 Å². The van der Waals surface area contributed by atoms with Crippen molar-refractivity contribution < 1.29 is 72.5 Å². The van der Waals surface area contributed by atoms with Gasteiger partial charge in [-0.05, 0) is 48.1 Å². The van der Waals surface area contributed by atoms with Crippen LogP contribution in [0.3, 0.4) is 0 Å². The maximum Gasteiger partial charge on any atom is 0.508 e. The van der Waals surface area contributed by atoms with Gasteiger partial charge < -0.3 is 49.1 Å². The Balaban J connectivity index is 1.54. The number of rotatable bonds is 10. The number of aliphatic hydroxyl groups excluding tert-OH is 2. The molecule has 11 atom stereocenters. The summed E-state index contributed by atoms with van der Waals surface area (Å²) in [7, 11) is 1.07. The SMILES string of the molecule is COC(=O)O[C@@]12CO[C@@H]1C[C@H](O)[C@@]1(C)C(=O)[C@H](OC(C)=O)C3=C(C)[C@@H](OC(=O)[C@H](O)[C@@H](NC(=O)CC(C)(C)C)c4ccccc4)C[C@@](O)([C@@H](OC(=O)c4ccccc4)C12)C3(C)C. The molecule has 2 aromatic rings. The van der Waals surface area contributed by atoms with E-state index in [2.05, 4.69) is 5.32 Å². The number of hydrogen-bond donors (Lipinski definition) is 4. The largest absolute Gasteiger partial charge is 0.508 e. The molecule has 3 fully saturated rings. The molecule has 2 aromatic carbocycles. The van der Waals surface area contributed by atoms with Gasteiger partial charge in [-0.15, -0.1) is 0 Å². The summed E-state index contributed by atoms with van der Waals surface area (Å²) >= 11 is 0. The van der Waals surface area contributed by atoms with Gasteiger partial charge in [-0.1, -0.05) is 83.1 Å². The van der Waals surface area contributed by atoms with E-state index in [4.69, 9.17) is 28.4 Å². The van der Waals surface area contributed by atoms with Crippen LogP contribution >= 0.6 is 0 Å². The van der Waals surface area contributed by atoms with E-state index in [9.17, 15) is 39.3 Å². The number of benzene rings is 2. The highest BCUT2D eigenvalue weighted by Crippen LogP contribution is 2.64. The Hall–Kier alpha value is -5.16. The third-order valence-corrected chi connectivity index (χ3v) is 13.3. The van der Waals surface area contributed by atoms with Crippen molar-refractivity contribution in [3.8, 4) is 0 Å². The number of carbonyl (C=O) groups excluding carboxylic acids is 6. The molecule has 2 bridgehead atoms. The first-order valence-electron chi connectivity index (χ1n) is 20.6. The van der Waals surface area contributed by atoms with Gasteiger partial charge in [-0.25, -0.2) is 14.4 Å². The van der Waals surface area contributed by atoms with E-state index in [1.165, 1.54) is 26.0 Å². The topological polar surface area (TPSA) is 231 Å². The molecule has 1 aliphatic heterocycles. The van der Waals surface area contributed by atoms with Crippen LogP contribution in [0.25, 0.3) is 0 Å². The zero-order chi connectivity index (χ0) is 45.7. The summed E-state index contributed by atoms with van der Waals surface area (Å²) in [6, 6.07) is 14.8. The number of aliphatic hydroxyl groups is 3. The van der Waals surface area contributed by atoms with Crippen LogP contribution in [0.2, 0.25) is 0 Å².